The predicted octanol–water partition coefficient (Wildman–Crippen LogP) is 4.30. The van der Waals surface area contributed by atoms with Crippen LogP contribution in [-0.4, -0.2) is 25.5 Å². The van der Waals surface area contributed by atoms with Gasteiger partial charge in [0.25, 0.3) is 5.56 Å². The van der Waals surface area contributed by atoms with Gasteiger partial charge in [-0.25, -0.2) is 9.36 Å². The number of amides is 1. The van der Waals surface area contributed by atoms with Crippen molar-refractivity contribution in [1.29, 1.82) is 0 Å². The molecule has 5 aromatic rings. The van der Waals surface area contributed by atoms with E-state index in [0.717, 1.165) is 27.6 Å². The van der Waals surface area contributed by atoms with Gasteiger partial charge in [0.1, 0.15) is 12.1 Å². The van der Waals surface area contributed by atoms with E-state index in [1.165, 1.54) is 4.68 Å². The highest BCUT2D eigenvalue weighted by Crippen LogP contribution is 2.23. The van der Waals surface area contributed by atoms with Crippen molar-refractivity contribution in [1.82, 2.24) is 19.6 Å². The van der Waals surface area contributed by atoms with E-state index in [9.17, 15) is 9.59 Å². The molecule has 7 nitrogen and oxygen atoms in total. The van der Waals surface area contributed by atoms with Crippen molar-refractivity contribution < 1.29 is 4.79 Å². The number of rotatable bonds is 4. The first kappa shape index (κ1) is 20.6. The zero-order valence-corrected chi connectivity index (χ0v) is 18.7. The quantitative estimate of drug-likeness (QED) is 0.455. The summed E-state index contributed by atoms with van der Waals surface area (Å²) >= 11 is 0. The van der Waals surface area contributed by atoms with E-state index >= 15 is 0 Å². The van der Waals surface area contributed by atoms with Gasteiger partial charge in [-0.2, -0.15) is 10.2 Å². The molecule has 0 saturated carbocycles. The third kappa shape index (κ3) is 3.67. The summed E-state index contributed by atoms with van der Waals surface area (Å²) in [6.45, 7) is 5.62. The first-order valence-electron chi connectivity index (χ1n) is 10.7. The highest BCUT2D eigenvalue weighted by Gasteiger charge is 2.18. The lowest BCUT2D eigenvalue weighted by Gasteiger charge is -2.12. The van der Waals surface area contributed by atoms with Gasteiger partial charge in [-0.3, -0.25) is 9.59 Å². The van der Waals surface area contributed by atoms with E-state index in [1.54, 1.807) is 10.9 Å². The van der Waals surface area contributed by atoms with Gasteiger partial charge >= 0.3 is 0 Å². The number of nitrogens with one attached hydrogen (secondary N) is 1. The van der Waals surface area contributed by atoms with E-state index in [0.29, 0.717) is 22.3 Å². The van der Waals surface area contributed by atoms with Crippen LogP contribution in [0.3, 0.4) is 0 Å². The number of benzene rings is 3. The maximum Gasteiger partial charge on any atom is 0.293 e. The molecule has 2 heterocycles. The molecule has 2 aromatic heterocycles. The monoisotopic (exact) mass is 437 g/mol. The Morgan fingerprint density at radius 3 is 2.58 bits per heavy atom. The topological polar surface area (TPSA) is 81.8 Å². The second-order valence-electron chi connectivity index (χ2n) is 8.23. The van der Waals surface area contributed by atoms with Crippen LogP contribution in [0.1, 0.15) is 16.8 Å². The Hall–Kier alpha value is -4.26. The van der Waals surface area contributed by atoms with Crippen LogP contribution < -0.4 is 10.9 Å². The molecule has 0 bridgehead atoms. The normalized spacial score (nSPS) is 11.2. The standard InChI is InChI=1S/C26H23N5O2/c1-16-11-12-23(17(2)13-16)31-25-21(14-27-31)18(3)29-30(26(25)33)15-24(32)28-22-10-6-8-19-7-4-5-9-20(19)22/h4-14H,15H2,1-3H3,(H,28,32). The number of carbonyl (C=O) groups excluding carboxylic acids is 1. The Bertz CT molecular complexity index is 1590. The zero-order chi connectivity index (χ0) is 23.1. The minimum Gasteiger partial charge on any atom is -0.324 e. The van der Waals surface area contributed by atoms with Gasteiger partial charge in [-0.15, -0.1) is 0 Å². The average molecular weight is 438 g/mol. The molecule has 164 valence electrons. The molecule has 5 rings (SSSR count). The maximum absolute atomic E-state index is 13.4. The second-order valence-corrected chi connectivity index (χ2v) is 8.23. The molecular formula is C26H23N5O2. The SMILES string of the molecule is Cc1ccc(-n2ncc3c(C)nn(CC(=O)Nc4cccc5ccccc45)c(=O)c32)c(C)c1. The third-order valence-corrected chi connectivity index (χ3v) is 5.80. The molecular weight excluding hydrogens is 414 g/mol. The summed E-state index contributed by atoms with van der Waals surface area (Å²) in [7, 11) is 0. The van der Waals surface area contributed by atoms with E-state index < -0.39 is 0 Å². The van der Waals surface area contributed by atoms with Crippen LogP contribution in [0.25, 0.3) is 27.4 Å². The number of anilines is 1. The Labute approximate surface area is 190 Å². The smallest absolute Gasteiger partial charge is 0.293 e. The van der Waals surface area contributed by atoms with E-state index in [-0.39, 0.29) is 18.0 Å². The van der Waals surface area contributed by atoms with Crippen molar-refractivity contribution in [3.05, 3.63) is 94.0 Å². The number of hydrogen-bond acceptors (Lipinski definition) is 4. The van der Waals surface area contributed by atoms with Gasteiger partial charge in [-0.05, 0) is 43.9 Å². The fourth-order valence-corrected chi connectivity index (χ4v) is 4.21. The predicted molar refractivity (Wildman–Crippen MR) is 130 cm³/mol. The maximum atomic E-state index is 13.4. The van der Waals surface area contributed by atoms with E-state index in [1.807, 2.05) is 81.4 Å². The van der Waals surface area contributed by atoms with Crippen LogP contribution in [0, 0.1) is 20.8 Å². The Morgan fingerprint density at radius 1 is 0.970 bits per heavy atom. The van der Waals surface area contributed by atoms with Crippen molar-refractivity contribution in [3.8, 4) is 5.69 Å². The Kier molecular flexibility index (Phi) is 5.01. The van der Waals surface area contributed by atoms with Crippen LogP contribution in [0.2, 0.25) is 0 Å². The molecule has 0 atom stereocenters. The number of fused-ring (bicyclic) bond motifs is 2. The lowest BCUT2D eigenvalue weighted by molar-refractivity contribution is -0.117. The summed E-state index contributed by atoms with van der Waals surface area (Å²) in [6.07, 6.45) is 1.65. The van der Waals surface area contributed by atoms with E-state index in [2.05, 4.69) is 15.5 Å². The molecule has 0 aliphatic heterocycles. The summed E-state index contributed by atoms with van der Waals surface area (Å²) in [6, 6.07) is 19.5. The lowest BCUT2D eigenvalue weighted by Crippen LogP contribution is -2.31. The molecule has 0 aliphatic rings. The first-order valence-corrected chi connectivity index (χ1v) is 10.7. The number of aryl methyl sites for hydroxylation is 3. The largest absolute Gasteiger partial charge is 0.324 e. The van der Waals surface area contributed by atoms with Gasteiger partial charge < -0.3 is 5.32 Å². The van der Waals surface area contributed by atoms with Crippen LogP contribution in [0.4, 0.5) is 5.69 Å². The van der Waals surface area contributed by atoms with Crippen molar-refractivity contribution >= 4 is 33.3 Å². The van der Waals surface area contributed by atoms with Gasteiger partial charge in [0, 0.05) is 16.5 Å². The van der Waals surface area contributed by atoms with Gasteiger partial charge in [0.05, 0.1) is 17.6 Å². The van der Waals surface area contributed by atoms with Gasteiger partial charge in [-0.1, -0.05) is 54.1 Å². The Morgan fingerprint density at radius 2 is 1.76 bits per heavy atom. The highest BCUT2D eigenvalue weighted by molar-refractivity contribution is 6.02. The highest BCUT2D eigenvalue weighted by atomic mass is 16.2. The molecule has 0 saturated heterocycles. The fourth-order valence-electron chi connectivity index (χ4n) is 4.21. The molecule has 0 unspecified atom stereocenters. The van der Waals surface area contributed by atoms with Crippen LogP contribution in [-0.2, 0) is 11.3 Å². The fraction of sp³-hybridized carbons (Fsp3) is 0.154. The lowest BCUT2D eigenvalue weighted by atomic mass is 10.1. The molecule has 0 radical (unpaired) electrons. The van der Waals surface area contributed by atoms with E-state index in [4.69, 9.17) is 0 Å². The number of aromatic nitrogens is 4. The average Bonchev–Trinajstić information content (AvgIpc) is 3.23. The summed E-state index contributed by atoms with van der Waals surface area (Å²) in [5, 5.41) is 14.4. The molecule has 0 aliphatic carbocycles. The summed E-state index contributed by atoms with van der Waals surface area (Å²) in [4.78, 5) is 26.3. The first-order chi connectivity index (χ1) is 15.9. The zero-order valence-electron chi connectivity index (χ0n) is 18.7. The van der Waals surface area contributed by atoms with Crippen molar-refractivity contribution in [2.24, 2.45) is 0 Å². The van der Waals surface area contributed by atoms with Crippen molar-refractivity contribution in [2.75, 3.05) is 5.32 Å². The summed E-state index contributed by atoms with van der Waals surface area (Å²) in [5.41, 5.74) is 4.35. The van der Waals surface area contributed by atoms with Crippen LogP contribution in [0.15, 0.2) is 71.7 Å². The Balaban J connectivity index is 1.53. The van der Waals surface area contributed by atoms with Crippen LogP contribution >= 0.6 is 0 Å². The molecule has 33 heavy (non-hydrogen) atoms. The number of carbonyl (C=O) groups is 1. The molecule has 0 fully saturated rings. The van der Waals surface area contributed by atoms with Crippen molar-refractivity contribution in [3.63, 3.8) is 0 Å². The minimum atomic E-state index is -0.360. The number of nitrogens with zero attached hydrogens (tertiary/aromatic N) is 4. The molecule has 1 N–H and O–H groups in total. The minimum absolute atomic E-state index is 0.198. The molecule has 1 amide bonds. The number of hydrogen-bond donors (Lipinski definition) is 1. The van der Waals surface area contributed by atoms with Crippen LogP contribution in [0.5, 0.6) is 0 Å². The summed E-state index contributed by atoms with van der Waals surface area (Å²) in [5.74, 6) is -0.322. The molecule has 7 heteroatoms. The third-order valence-electron chi connectivity index (χ3n) is 5.80. The second kappa shape index (κ2) is 8.02. The summed E-state index contributed by atoms with van der Waals surface area (Å²) < 4.78 is 2.85. The molecule has 3 aromatic carbocycles. The van der Waals surface area contributed by atoms with Gasteiger partial charge in [0.2, 0.25) is 5.91 Å². The molecule has 0 spiro atoms. The van der Waals surface area contributed by atoms with Gasteiger partial charge in [0.15, 0.2) is 0 Å². The van der Waals surface area contributed by atoms with Crippen molar-refractivity contribution in [2.45, 2.75) is 27.3 Å².